The predicted octanol–water partition coefficient (Wildman–Crippen LogP) is 2.83. The Kier molecular flexibility index (Phi) is 2.62. The first-order valence-corrected chi connectivity index (χ1v) is 5.18. The van der Waals surface area contributed by atoms with E-state index in [1.165, 1.54) is 18.4 Å². The average molecular weight is 191 g/mol. The molecule has 0 bridgehead atoms. The number of aryl methyl sites for hydroxylation is 1. The normalized spacial score (nSPS) is 15.3. The molecule has 1 N–H and O–H groups in total. The average Bonchev–Trinajstić information content (AvgIpc) is 2.99. The summed E-state index contributed by atoms with van der Waals surface area (Å²) in [6.45, 7) is 3.16. The van der Waals surface area contributed by atoms with Crippen molar-refractivity contribution in [1.82, 2.24) is 0 Å². The highest BCUT2D eigenvalue weighted by Crippen LogP contribution is 2.31. The lowest BCUT2D eigenvalue weighted by Crippen LogP contribution is -2.04. The van der Waals surface area contributed by atoms with Gasteiger partial charge in [0.25, 0.3) is 0 Å². The maximum Gasteiger partial charge on any atom is 0.142 e. The fourth-order valence-corrected chi connectivity index (χ4v) is 1.52. The Hall–Kier alpha value is -1.18. The van der Waals surface area contributed by atoms with E-state index in [4.69, 9.17) is 4.74 Å². The molecule has 1 aromatic rings. The number of ether oxygens (including phenoxy) is 1. The molecule has 2 nitrogen and oxygen atoms in total. The zero-order valence-corrected chi connectivity index (χ0v) is 8.84. The van der Waals surface area contributed by atoms with Crippen LogP contribution in [0.15, 0.2) is 18.2 Å². The molecule has 0 atom stereocenters. The molecule has 2 rings (SSSR count). The smallest absolute Gasteiger partial charge is 0.142 e. The lowest BCUT2D eigenvalue weighted by Gasteiger charge is -2.11. The number of hydrogen-bond acceptors (Lipinski definition) is 2. The van der Waals surface area contributed by atoms with Crippen LogP contribution >= 0.6 is 0 Å². The number of hydrogen-bond donors (Lipinski definition) is 1. The maximum absolute atomic E-state index is 5.32. The van der Waals surface area contributed by atoms with Gasteiger partial charge >= 0.3 is 0 Å². The molecule has 76 valence electrons. The summed E-state index contributed by atoms with van der Waals surface area (Å²) in [5, 5.41) is 3.43. The van der Waals surface area contributed by atoms with Gasteiger partial charge in [0.2, 0.25) is 0 Å². The molecule has 0 saturated heterocycles. The SMILES string of the molecule is COc1cc(C)ccc1NCC1CC1. The highest BCUT2D eigenvalue weighted by Gasteiger charge is 2.20. The van der Waals surface area contributed by atoms with E-state index < -0.39 is 0 Å². The van der Waals surface area contributed by atoms with Crippen molar-refractivity contribution < 1.29 is 4.74 Å². The van der Waals surface area contributed by atoms with Crippen LogP contribution in [0, 0.1) is 12.8 Å². The Labute approximate surface area is 85.3 Å². The lowest BCUT2D eigenvalue weighted by molar-refractivity contribution is 0.416. The standard InChI is InChI=1S/C12H17NO/c1-9-3-6-11(12(7-9)14-2)13-8-10-4-5-10/h3,6-7,10,13H,4-5,8H2,1-2H3. The second-order valence-electron chi connectivity index (χ2n) is 4.03. The van der Waals surface area contributed by atoms with Gasteiger partial charge in [-0.3, -0.25) is 0 Å². The molecule has 0 aromatic heterocycles. The molecule has 1 aliphatic rings. The number of benzene rings is 1. The van der Waals surface area contributed by atoms with Gasteiger partial charge in [0.1, 0.15) is 5.75 Å². The van der Waals surface area contributed by atoms with Crippen molar-refractivity contribution in [3.05, 3.63) is 23.8 Å². The molecule has 1 aliphatic carbocycles. The van der Waals surface area contributed by atoms with Crippen molar-refractivity contribution in [2.45, 2.75) is 19.8 Å². The van der Waals surface area contributed by atoms with E-state index >= 15 is 0 Å². The zero-order valence-electron chi connectivity index (χ0n) is 8.84. The second-order valence-corrected chi connectivity index (χ2v) is 4.03. The summed E-state index contributed by atoms with van der Waals surface area (Å²) in [5.41, 5.74) is 2.35. The van der Waals surface area contributed by atoms with Crippen LogP contribution in [0.25, 0.3) is 0 Å². The van der Waals surface area contributed by atoms with Crippen LogP contribution < -0.4 is 10.1 Å². The van der Waals surface area contributed by atoms with Crippen LogP contribution in [0.3, 0.4) is 0 Å². The molecule has 1 fully saturated rings. The third-order valence-electron chi connectivity index (χ3n) is 2.64. The van der Waals surface area contributed by atoms with Crippen molar-refractivity contribution in [3.63, 3.8) is 0 Å². The summed E-state index contributed by atoms with van der Waals surface area (Å²) in [4.78, 5) is 0. The van der Waals surface area contributed by atoms with Crippen LogP contribution in [0.1, 0.15) is 18.4 Å². The topological polar surface area (TPSA) is 21.3 Å². The summed E-state index contributed by atoms with van der Waals surface area (Å²) >= 11 is 0. The molecule has 0 radical (unpaired) electrons. The third kappa shape index (κ3) is 2.19. The van der Waals surface area contributed by atoms with Crippen molar-refractivity contribution in [3.8, 4) is 5.75 Å². The molecule has 0 unspecified atom stereocenters. The fraction of sp³-hybridized carbons (Fsp3) is 0.500. The van der Waals surface area contributed by atoms with Gasteiger partial charge in [-0.05, 0) is 43.4 Å². The van der Waals surface area contributed by atoms with E-state index in [9.17, 15) is 0 Å². The minimum atomic E-state index is 0.890. The van der Waals surface area contributed by atoms with E-state index in [0.29, 0.717) is 0 Å². The molecule has 0 spiro atoms. The summed E-state index contributed by atoms with van der Waals surface area (Å²) in [6, 6.07) is 6.27. The molecule has 1 saturated carbocycles. The van der Waals surface area contributed by atoms with E-state index in [2.05, 4.69) is 30.4 Å². The van der Waals surface area contributed by atoms with Crippen LogP contribution in [-0.4, -0.2) is 13.7 Å². The second kappa shape index (κ2) is 3.91. The number of methoxy groups -OCH3 is 1. The van der Waals surface area contributed by atoms with Gasteiger partial charge < -0.3 is 10.1 Å². The van der Waals surface area contributed by atoms with E-state index in [0.717, 1.165) is 23.9 Å². The number of rotatable bonds is 4. The van der Waals surface area contributed by atoms with Gasteiger partial charge in [-0.15, -0.1) is 0 Å². The van der Waals surface area contributed by atoms with E-state index in [1.807, 2.05) is 0 Å². The van der Waals surface area contributed by atoms with Gasteiger partial charge in [0, 0.05) is 6.54 Å². The molecule has 0 aliphatic heterocycles. The summed E-state index contributed by atoms with van der Waals surface area (Å²) < 4.78 is 5.32. The molecule has 0 amide bonds. The number of nitrogens with one attached hydrogen (secondary N) is 1. The Morgan fingerprint density at radius 2 is 2.21 bits per heavy atom. The van der Waals surface area contributed by atoms with Crippen molar-refractivity contribution in [1.29, 1.82) is 0 Å². The van der Waals surface area contributed by atoms with Gasteiger partial charge in [-0.1, -0.05) is 6.07 Å². The Bertz CT molecular complexity index is 318. The summed E-state index contributed by atoms with van der Waals surface area (Å²) in [6.07, 6.45) is 2.75. The predicted molar refractivity (Wildman–Crippen MR) is 58.9 cm³/mol. The van der Waals surface area contributed by atoms with Gasteiger partial charge in [0.15, 0.2) is 0 Å². The van der Waals surface area contributed by atoms with Gasteiger partial charge in [-0.2, -0.15) is 0 Å². The quantitative estimate of drug-likeness (QED) is 0.790. The van der Waals surface area contributed by atoms with Crippen molar-refractivity contribution in [2.75, 3.05) is 19.0 Å². The van der Waals surface area contributed by atoms with Crippen molar-refractivity contribution in [2.24, 2.45) is 5.92 Å². The van der Waals surface area contributed by atoms with Gasteiger partial charge in [-0.25, -0.2) is 0 Å². The van der Waals surface area contributed by atoms with Gasteiger partial charge in [0.05, 0.1) is 12.8 Å². The minimum absolute atomic E-state index is 0.890. The van der Waals surface area contributed by atoms with E-state index in [1.54, 1.807) is 7.11 Å². The minimum Gasteiger partial charge on any atom is -0.495 e. The monoisotopic (exact) mass is 191 g/mol. The lowest BCUT2D eigenvalue weighted by atomic mass is 10.2. The van der Waals surface area contributed by atoms with Crippen LogP contribution in [0.5, 0.6) is 5.75 Å². The first-order chi connectivity index (χ1) is 6.79. The largest absolute Gasteiger partial charge is 0.495 e. The first kappa shape index (κ1) is 9.38. The highest BCUT2D eigenvalue weighted by molar-refractivity contribution is 5.57. The molecule has 14 heavy (non-hydrogen) atoms. The maximum atomic E-state index is 5.32. The molecular weight excluding hydrogens is 174 g/mol. The highest BCUT2D eigenvalue weighted by atomic mass is 16.5. The van der Waals surface area contributed by atoms with Crippen LogP contribution in [-0.2, 0) is 0 Å². The molecular formula is C12H17NO. The summed E-state index contributed by atoms with van der Waals surface area (Å²) in [5.74, 6) is 1.84. The van der Waals surface area contributed by atoms with Crippen LogP contribution in [0.4, 0.5) is 5.69 Å². The Balaban J connectivity index is 2.05. The molecule has 2 heteroatoms. The molecule has 1 aromatic carbocycles. The third-order valence-corrected chi connectivity index (χ3v) is 2.64. The van der Waals surface area contributed by atoms with Crippen LogP contribution in [0.2, 0.25) is 0 Å². The Morgan fingerprint density at radius 1 is 1.43 bits per heavy atom. The summed E-state index contributed by atoms with van der Waals surface area (Å²) in [7, 11) is 1.72. The van der Waals surface area contributed by atoms with Crippen molar-refractivity contribution >= 4 is 5.69 Å². The first-order valence-electron chi connectivity index (χ1n) is 5.18. The fourth-order valence-electron chi connectivity index (χ4n) is 1.52. The molecule has 0 heterocycles. The Morgan fingerprint density at radius 3 is 2.86 bits per heavy atom. The number of anilines is 1. The zero-order chi connectivity index (χ0) is 9.97. The van der Waals surface area contributed by atoms with E-state index in [-0.39, 0.29) is 0 Å².